The number of aliphatic carboxylic acids is 1. The first-order chi connectivity index (χ1) is 12.9. The van der Waals surface area contributed by atoms with Gasteiger partial charge in [-0.05, 0) is 42.6 Å². The van der Waals surface area contributed by atoms with Crippen LogP contribution >= 0.6 is 23.5 Å². The van der Waals surface area contributed by atoms with Gasteiger partial charge in [0.05, 0.1) is 23.2 Å². The topological polar surface area (TPSA) is 94.8 Å². The fourth-order valence-corrected chi connectivity index (χ4v) is 6.97. The number of carbonyl (C=O) groups excluding carboxylic acids is 1. The van der Waals surface area contributed by atoms with Crippen LogP contribution in [0.3, 0.4) is 0 Å². The molecular weight excluding hydrogens is 384 g/mol. The smallest absolute Gasteiger partial charge is 0.313 e. The highest BCUT2D eigenvalue weighted by Crippen LogP contribution is 2.40. The zero-order valence-corrected chi connectivity index (χ0v) is 17.8. The second kappa shape index (κ2) is 11.7. The summed E-state index contributed by atoms with van der Waals surface area (Å²) in [4.78, 5) is 22.9. The molecule has 0 heterocycles. The molecule has 0 radical (unpaired) electrons. The predicted molar refractivity (Wildman–Crippen MR) is 111 cm³/mol. The molecule has 0 aliphatic heterocycles. The Kier molecular flexibility index (Phi) is 9.97. The number of hydrogen-bond donors (Lipinski definition) is 3. The molecule has 0 aromatic heterocycles. The molecule has 0 amide bonds. The third-order valence-electron chi connectivity index (χ3n) is 5.86. The van der Waals surface area contributed by atoms with Gasteiger partial charge in [0.1, 0.15) is 5.78 Å². The number of carbonyl (C=O) groups is 2. The first-order valence-corrected chi connectivity index (χ1v) is 12.4. The molecule has 2 aliphatic carbocycles. The third kappa shape index (κ3) is 7.59. The van der Waals surface area contributed by atoms with E-state index in [9.17, 15) is 19.8 Å². The number of carboxylic acids is 1. The van der Waals surface area contributed by atoms with Gasteiger partial charge in [-0.15, -0.1) is 0 Å². The summed E-state index contributed by atoms with van der Waals surface area (Å²) in [5.41, 5.74) is 0. The Bertz CT molecular complexity index is 481. The summed E-state index contributed by atoms with van der Waals surface area (Å²) in [6.45, 7) is 2.06. The molecule has 27 heavy (non-hydrogen) atoms. The average Bonchev–Trinajstić information content (AvgIpc) is 3.18. The van der Waals surface area contributed by atoms with Crippen molar-refractivity contribution in [1.29, 1.82) is 0 Å². The van der Waals surface area contributed by atoms with Crippen LogP contribution in [0.25, 0.3) is 0 Å². The van der Waals surface area contributed by atoms with E-state index >= 15 is 0 Å². The van der Waals surface area contributed by atoms with Crippen molar-refractivity contribution in [3.8, 4) is 0 Å². The highest BCUT2D eigenvalue weighted by molar-refractivity contribution is 8.01. The highest BCUT2D eigenvalue weighted by Gasteiger charge is 2.44. The fraction of sp³-hybridized carbons (Fsp3) is 0.900. The molecule has 2 rings (SSSR count). The van der Waals surface area contributed by atoms with E-state index in [2.05, 4.69) is 6.92 Å². The molecule has 3 N–H and O–H groups in total. The lowest BCUT2D eigenvalue weighted by molar-refractivity contribution is -0.133. The minimum atomic E-state index is -0.799. The van der Waals surface area contributed by atoms with E-state index in [4.69, 9.17) is 5.11 Å². The number of rotatable bonds is 12. The zero-order valence-electron chi connectivity index (χ0n) is 16.2. The molecule has 1 unspecified atom stereocenters. The van der Waals surface area contributed by atoms with Gasteiger partial charge in [0.2, 0.25) is 0 Å². The van der Waals surface area contributed by atoms with E-state index in [-0.39, 0.29) is 41.1 Å². The van der Waals surface area contributed by atoms with Crippen LogP contribution in [-0.4, -0.2) is 61.8 Å². The summed E-state index contributed by atoms with van der Waals surface area (Å²) in [5, 5.41) is 29.3. The third-order valence-corrected chi connectivity index (χ3v) is 8.35. The minimum Gasteiger partial charge on any atom is -0.481 e. The number of carboxylic acid groups (broad SMARTS) is 1. The zero-order chi connectivity index (χ0) is 19.8. The number of Topliss-reactive ketones (excluding diaryl/α,β-unsaturated/α-hetero) is 1. The predicted octanol–water partition coefficient (Wildman–Crippen LogP) is 3.21. The van der Waals surface area contributed by atoms with Crippen LogP contribution in [0.5, 0.6) is 0 Å². The highest BCUT2D eigenvalue weighted by atomic mass is 32.2. The van der Waals surface area contributed by atoms with Crippen LogP contribution in [0.15, 0.2) is 0 Å². The average molecular weight is 419 g/mol. The quantitative estimate of drug-likeness (QED) is 0.419. The number of hydrogen-bond acceptors (Lipinski definition) is 6. The van der Waals surface area contributed by atoms with E-state index in [1.807, 2.05) is 0 Å². The van der Waals surface area contributed by atoms with E-state index in [1.54, 1.807) is 11.8 Å². The van der Waals surface area contributed by atoms with Crippen molar-refractivity contribution < 1.29 is 24.9 Å². The van der Waals surface area contributed by atoms with Crippen LogP contribution in [0.2, 0.25) is 0 Å². The summed E-state index contributed by atoms with van der Waals surface area (Å²) in [6.07, 6.45) is 6.60. The largest absolute Gasteiger partial charge is 0.481 e. The van der Waals surface area contributed by atoms with Crippen LogP contribution in [0.4, 0.5) is 0 Å². The lowest BCUT2D eigenvalue weighted by atomic mass is 9.84. The molecule has 2 saturated carbocycles. The lowest BCUT2D eigenvalue weighted by Gasteiger charge is -2.29. The molecule has 0 bridgehead atoms. The Hall–Kier alpha value is -0.240. The standard InChI is InChI=1S/C20H34O5S2/c1-13(9-15(21)10-14-5-2-3-6-14)19-16(22)11-17(23)20(19)27-8-4-7-26-12-18(24)25/h13-16,19-22H,2-12H2,1H3,(H,24,25)/t13?,15-,16-,19+,20+/m1/s1. The normalized spacial score (nSPS) is 28.6. The maximum Gasteiger partial charge on any atom is 0.313 e. The van der Waals surface area contributed by atoms with E-state index in [0.717, 1.165) is 24.3 Å². The SMILES string of the molecule is CC(C[C@@H](O)CC1CCCC1)[C@H]1[C@H](O)CC(=O)[C@@H]1SCCCSCC(=O)O. The van der Waals surface area contributed by atoms with Crippen molar-refractivity contribution in [2.75, 3.05) is 17.3 Å². The van der Waals surface area contributed by atoms with Gasteiger partial charge in [0.25, 0.3) is 0 Å². The molecule has 0 aromatic carbocycles. The Morgan fingerprint density at radius 3 is 2.63 bits per heavy atom. The first kappa shape index (κ1) is 23.0. The van der Waals surface area contributed by atoms with Gasteiger partial charge in [0.15, 0.2) is 0 Å². The molecule has 7 heteroatoms. The summed E-state index contributed by atoms with van der Waals surface area (Å²) in [5.74, 6) is 1.65. The summed E-state index contributed by atoms with van der Waals surface area (Å²) in [6, 6.07) is 0. The van der Waals surface area contributed by atoms with Crippen molar-refractivity contribution in [3.63, 3.8) is 0 Å². The second-order valence-electron chi connectivity index (χ2n) is 8.16. The van der Waals surface area contributed by atoms with Crippen molar-refractivity contribution in [3.05, 3.63) is 0 Å². The molecule has 5 atom stereocenters. The van der Waals surface area contributed by atoms with Gasteiger partial charge in [0, 0.05) is 12.3 Å². The Labute approximate surface area is 171 Å². The maximum absolute atomic E-state index is 12.3. The van der Waals surface area contributed by atoms with Gasteiger partial charge >= 0.3 is 5.97 Å². The molecule has 2 aliphatic rings. The van der Waals surface area contributed by atoms with Crippen LogP contribution < -0.4 is 0 Å². The first-order valence-electron chi connectivity index (χ1n) is 10.2. The summed E-state index contributed by atoms with van der Waals surface area (Å²) >= 11 is 2.99. The Balaban J connectivity index is 1.77. The monoisotopic (exact) mass is 418 g/mol. The number of aliphatic hydroxyl groups excluding tert-OH is 2. The molecule has 0 aromatic rings. The Morgan fingerprint density at radius 1 is 1.26 bits per heavy atom. The van der Waals surface area contributed by atoms with Crippen molar-refractivity contribution >= 4 is 35.3 Å². The van der Waals surface area contributed by atoms with Crippen LogP contribution in [0, 0.1) is 17.8 Å². The van der Waals surface area contributed by atoms with Crippen molar-refractivity contribution in [2.24, 2.45) is 17.8 Å². The maximum atomic E-state index is 12.3. The fourth-order valence-electron chi connectivity index (χ4n) is 4.60. The molecule has 5 nitrogen and oxygen atoms in total. The number of aliphatic hydroxyl groups is 2. The van der Waals surface area contributed by atoms with Gasteiger partial charge < -0.3 is 15.3 Å². The minimum absolute atomic E-state index is 0.0904. The molecule has 2 fully saturated rings. The van der Waals surface area contributed by atoms with Crippen LogP contribution in [-0.2, 0) is 9.59 Å². The lowest BCUT2D eigenvalue weighted by Crippen LogP contribution is -2.32. The van der Waals surface area contributed by atoms with Gasteiger partial charge in [-0.1, -0.05) is 32.6 Å². The molecule has 0 spiro atoms. The van der Waals surface area contributed by atoms with E-state index in [1.165, 1.54) is 37.4 Å². The second-order valence-corrected chi connectivity index (χ2v) is 10.5. The van der Waals surface area contributed by atoms with E-state index < -0.39 is 12.1 Å². The molecular formula is C20H34O5S2. The van der Waals surface area contributed by atoms with Crippen LogP contribution in [0.1, 0.15) is 58.3 Å². The summed E-state index contributed by atoms with van der Waals surface area (Å²) in [7, 11) is 0. The summed E-state index contributed by atoms with van der Waals surface area (Å²) < 4.78 is 0. The van der Waals surface area contributed by atoms with Gasteiger partial charge in [-0.2, -0.15) is 23.5 Å². The number of ketones is 1. The van der Waals surface area contributed by atoms with Crippen molar-refractivity contribution in [1.82, 2.24) is 0 Å². The van der Waals surface area contributed by atoms with Gasteiger partial charge in [-0.3, -0.25) is 9.59 Å². The van der Waals surface area contributed by atoms with E-state index in [0.29, 0.717) is 12.3 Å². The Morgan fingerprint density at radius 2 is 1.96 bits per heavy atom. The molecule has 156 valence electrons. The molecule has 0 saturated heterocycles. The van der Waals surface area contributed by atoms with Crippen molar-refractivity contribution in [2.45, 2.75) is 75.7 Å². The number of thioether (sulfide) groups is 2. The van der Waals surface area contributed by atoms with Gasteiger partial charge in [-0.25, -0.2) is 0 Å².